The molecule has 0 amide bonds. The van der Waals surface area contributed by atoms with Crippen LogP contribution in [-0.2, 0) is 25.7 Å². The zero-order valence-electron chi connectivity index (χ0n) is 16.3. The summed E-state index contributed by atoms with van der Waals surface area (Å²) >= 11 is 0. The molecule has 2 aromatic carbocycles. The van der Waals surface area contributed by atoms with Gasteiger partial charge in [-0.05, 0) is 24.6 Å². The number of hydrogen-bond acceptors (Lipinski definition) is 5. The van der Waals surface area contributed by atoms with Crippen LogP contribution in [0.3, 0.4) is 0 Å². The summed E-state index contributed by atoms with van der Waals surface area (Å²) in [7, 11) is 0. The number of para-hydroxylation sites is 1. The van der Waals surface area contributed by atoms with Crippen LogP contribution in [0, 0.1) is 0 Å². The van der Waals surface area contributed by atoms with Gasteiger partial charge in [0.25, 0.3) is 5.56 Å². The molecule has 3 aromatic rings. The molecule has 5 rings (SSSR count). The summed E-state index contributed by atoms with van der Waals surface area (Å²) in [6, 6.07) is 10.3. The lowest BCUT2D eigenvalue weighted by molar-refractivity contribution is -0.137. The molecular weight excluding hydrogens is 411 g/mol. The van der Waals surface area contributed by atoms with E-state index in [1.165, 1.54) is 12.1 Å². The number of benzene rings is 2. The molecule has 31 heavy (non-hydrogen) atoms. The van der Waals surface area contributed by atoms with Crippen molar-refractivity contribution >= 4 is 0 Å². The Morgan fingerprint density at radius 2 is 1.90 bits per heavy atom. The Morgan fingerprint density at radius 1 is 1.10 bits per heavy atom. The van der Waals surface area contributed by atoms with E-state index in [1.54, 1.807) is 0 Å². The van der Waals surface area contributed by atoms with Crippen molar-refractivity contribution < 1.29 is 22.6 Å². The number of nitrogens with zero attached hydrogens (tertiary/aromatic N) is 2. The number of ether oxygens (including phenoxy) is 2. The molecule has 2 aliphatic heterocycles. The van der Waals surface area contributed by atoms with E-state index in [1.807, 2.05) is 18.2 Å². The molecule has 3 heterocycles. The fourth-order valence-electron chi connectivity index (χ4n) is 3.94. The Hall–Kier alpha value is -3.33. The van der Waals surface area contributed by atoms with Crippen LogP contribution < -0.4 is 15.0 Å². The molecule has 0 unspecified atom stereocenters. The van der Waals surface area contributed by atoms with Crippen molar-refractivity contribution in [3.63, 3.8) is 0 Å². The number of H-pyrrole nitrogens is 1. The summed E-state index contributed by atoms with van der Waals surface area (Å²) in [5.74, 6) is 1.71. The van der Waals surface area contributed by atoms with E-state index in [0.29, 0.717) is 48.6 Å². The van der Waals surface area contributed by atoms with E-state index < -0.39 is 11.7 Å². The monoisotopic (exact) mass is 429 g/mol. The fourth-order valence-corrected chi connectivity index (χ4v) is 3.94. The average molecular weight is 429 g/mol. The minimum absolute atomic E-state index is 0.197. The number of alkyl halides is 3. The molecule has 1 N–H and O–H groups in total. The Labute approximate surface area is 175 Å². The van der Waals surface area contributed by atoms with Crippen molar-refractivity contribution in [2.75, 3.05) is 13.3 Å². The van der Waals surface area contributed by atoms with E-state index in [0.717, 1.165) is 23.4 Å². The normalized spacial score (nSPS) is 15.7. The number of halogens is 3. The highest BCUT2D eigenvalue weighted by molar-refractivity contribution is 5.56. The number of fused-ring (bicyclic) bond motifs is 2. The lowest BCUT2D eigenvalue weighted by Gasteiger charge is -2.28. The van der Waals surface area contributed by atoms with Crippen LogP contribution in [0.15, 0.2) is 47.3 Å². The highest BCUT2D eigenvalue weighted by Gasteiger charge is 2.30. The molecule has 160 valence electrons. The molecule has 0 spiro atoms. The van der Waals surface area contributed by atoms with Crippen molar-refractivity contribution in [1.82, 2.24) is 14.9 Å². The first-order chi connectivity index (χ1) is 14.9. The predicted octanol–water partition coefficient (Wildman–Crippen LogP) is 3.74. The second-order valence-corrected chi connectivity index (χ2v) is 7.53. The number of aromatic nitrogens is 2. The van der Waals surface area contributed by atoms with Crippen molar-refractivity contribution in [2.45, 2.75) is 25.7 Å². The molecule has 0 fully saturated rings. The number of nitrogens with one attached hydrogen (secondary N) is 1. The van der Waals surface area contributed by atoms with Crippen molar-refractivity contribution in [2.24, 2.45) is 0 Å². The molecule has 6 nitrogen and oxygen atoms in total. The van der Waals surface area contributed by atoms with Crippen LogP contribution in [0.4, 0.5) is 13.2 Å². The first-order valence-electron chi connectivity index (χ1n) is 9.78. The van der Waals surface area contributed by atoms with Crippen molar-refractivity contribution in [3.8, 4) is 22.9 Å². The van der Waals surface area contributed by atoms with Crippen molar-refractivity contribution in [3.05, 3.63) is 75.2 Å². The maximum Gasteiger partial charge on any atom is 0.416 e. The number of aromatic amines is 1. The number of rotatable bonds is 3. The Bertz CT molecular complexity index is 1190. The lowest BCUT2D eigenvalue weighted by Crippen LogP contribution is -2.35. The van der Waals surface area contributed by atoms with Gasteiger partial charge in [-0.1, -0.05) is 24.3 Å². The van der Waals surface area contributed by atoms with E-state index in [9.17, 15) is 18.0 Å². The van der Waals surface area contributed by atoms with E-state index in [2.05, 4.69) is 14.9 Å². The van der Waals surface area contributed by atoms with Crippen LogP contribution in [-0.4, -0.2) is 28.2 Å². The number of hydrogen-bond donors (Lipinski definition) is 1. The Balaban J connectivity index is 1.40. The van der Waals surface area contributed by atoms with Gasteiger partial charge < -0.3 is 14.5 Å². The Kier molecular flexibility index (Phi) is 4.70. The SMILES string of the molecule is O=c1[nH]c(-c2ccc(C(F)(F)F)cc2)nc2c1CCN(Cc1cccc3c1OCO3)C2. The van der Waals surface area contributed by atoms with Gasteiger partial charge in [0.15, 0.2) is 11.5 Å². The second kappa shape index (κ2) is 7.42. The van der Waals surface area contributed by atoms with Crippen LogP contribution >= 0.6 is 0 Å². The van der Waals surface area contributed by atoms with Crippen molar-refractivity contribution in [1.29, 1.82) is 0 Å². The third-order valence-electron chi connectivity index (χ3n) is 5.51. The van der Waals surface area contributed by atoms with E-state index >= 15 is 0 Å². The summed E-state index contributed by atoms with van der Waals surface area (Å²) in [6.45, 7) is 1.94. The van der Waals surface area contributed by atoms with Gasteiger partial charge in [0, 0.05) is 36.3 Å². The molecule has 0 bridgehead atoms. The molecule has 0 saturated heterocycles. The van der Waals surface area contributed by atoms with Gasteiger partial charge in [-0.25, -0.2) is 4.98 Å². The summed E-state index contributed by atoms with van der Waals surface area (Å²) < 4.78 is 49.5. The highest BCUT2D eigenvalue weighted by atomic mass is 19.4. The molecule has 2 aliphatic rings. The van der Waals surface area contributed by atoms with Crippen LogP contribution in [0.5, 0.6) is 11.5 Å². The van der Waals surface area contributed by atoms with Gasteiger partial charge in [-0.3, -0.25) is 9.69 Å². The molecule has 0 radical (unpaired) electrons. The van der Waals surface area contributed by atoms with Crippen LogP contribution in [0.2, 0.25) is 0 Å². The second-order valence-electron chi connectivity index (χ2n) is 7.53. The third-order valence-corrected chi connectivity index (χ3v) is 5.51. The van der Waals surface area contributed by atoms with Gasteiger partial charge in [0.05, 0.1) is 11.3 Å². The van der Waals surface area contributed by atoms with Gasteiger partial charge in [0.2, 0.25) is 6.79 Å². The van der Waals surface area contributed by atoms with E-state index in [-0.39, 0.29) is 18.2 Å². The maximum absolute atomic E-state index is 12.8. The van der Waals surface area contributed by atoms with Gasteiger partial charge in [0.1, 0.15) is 5.82 Å². The molecule has 0 atom stereocenters. The smallest absolute Gasteiger partial charge is 0.416 e. The van der Waals surface area contributed by atoms with Gasteiger partial charge in [-0.2, -0.15) is 13.2 Å². The zero-order chi connectivity index (χ0) is 21.6. The minimum atomic E-state index is -4.41. The summed E-state index contributed by atoms with van der Waals surface area (Å²) in [6.07, 6.45) is -3.88. The first kappa shape index (κ1) is 19.6. The summed E-state index contributed by atoms with van der Waals surface area (Å²) in [4.78, 5) is 22.0. The zero-order valence-corrected chi connectivity index (χ0v) is 16.3. The Morgan fingerprint density at radius 3 is 2.68 bits per heavy atom. The molecule has 1 aromatic heterocycles. The quantitative estimate of drug-likeness (QED) is 0.687. The topological polar surface area (TPSA) is 67.5 Å². The standard InChI is InChI=1S/C22H18F3N3O3/c23-22(24,25)15-6-4-13(5-7-15)20-26-17-11-28(9-8-16(17)21(29)27-20)10-14-2-1-3-18-19(14)31-12-30-18/h1-7H,8-12H2,(H,26,27,29). The summed E-state index contributed by atoms with van der Waals surface area (Å²) in [5.41, 5.74) is 1.67. The van der Waals surface area contributed by atoms with Crippen LogP contribution in [0.25, 0.3) is 11.4 Å². The largest absolute Gasteiger partial charge is 0.454 e. The van der Waals surface area contributed by atoms with Gasteiger partial charge >= 0.3 is 6.18 Å². The predicted molar refractivity (Wildman–Crippen MR) is 106 cm³/mol. The third kappa shape index (κ3) is 3.76. The highest BCUT2D eigenvalue weighted by Crippen LogP contribution is 2.36. The lowest BCUT2D eigenvalue weighted by atomic mass is 10.0. The first-order valence-corrected chi connectivity index (χ1v) is 9.78. The molecule has 0 aliphatic carbocycles. The van der Waals surface area contributed by atoms with Gasteiger partial charge in [-0.15, -0.1) is 0 Å². The maximum atomic E-state index is 12.8. The minimum Gasteiger partial charge on any atom is -0.454 e. The molecular formula is C22H18F3N3O3. The van der Waals surface area contributed by atoms with E-state index in [4.69, 9.17) is 9.47 Å². The summed E-state index contributed by atoms with van der Waals surface area (Å²) in [5, 5.41) is 0. The van der Waals surface area contributed by atoms with Crippen LogP contribution in [0.1, 0.15) is 22.4 Å². The molecule has 9 heteroatoms. The molecule has 0 saturated carbocycles. The fraction of sp³-hybridized carbons (Fsp3) is 0.273. The average Bonchev–Trinajstić information content (AvgIpc) is 3.23.